The standard InChI is InChI=1S/C21H21O4P.C11H20O2/c1-16-4-10-19(11-5-16)23-26(22,24-20-12-6-17(2)7-13-20)25-21-14-8-18(3)9-15-21;1-4-11(12)13-9-7-5-6-8-10(2)3/h4-15H,1-3H3;4,10H,1,5-9H2,2-3H3. The van der Waals surface area contributed by atoms with Gasteiger partial charge < -0.3 is 18.3 Å². The molecule has 0 heterocycles. The first-order valence-corrected chi connectivity index (χ1v) is 14.7. The molecule has 0 saturated heterocycles. The molecule has 7 heteroatoms. The number of hydrogen-bond acceptors (Lipinski definition) is 6. The summed E-state index contributed by atoms with van der Waals surface area (Å²) in [7, 11) is -3.93. The minimum Gasteiger partial charge on any atom is -0.463 e. The van der Waals surface area contributed by atoms with Crippen molar-refractivity contribution in [3.8, 4) is 17.2 Å². The van der Waals surface area contributed by atoms with Gasteiger partial charge in [0, 0.05) is 6.08 Å². The average molecular weight is 553 g/mol. The van der Waals surface area contributed by atoms with Gasteiger partial charge in [-0.1, -0.05) is 92.8 Å². The second-order valence-electron chi connectivity index (χ2n) is 9.78. The number of phosphoric ester groups is 1. The Kier molecular flexibility index (Phi) is 13.4. The highest BCUT2D eigenvalue weighted by molar-refractivity contribution is 7.49. The molecule has 0 aliphatic carbocycles. The monoisotopic (exact) mass is 552 g/mol. The minimum absolute atomic E-state index is 0.316. The Morgan fingerprint density at radius 2 is 1.10 bits per heavy atom. The van der Waals surface area contributed by atoms with E-state index in [4.69, 9.17) is 18.3 Å². The van der Waals surface area contributed by atoms with Crippen molar-refractivity contribution < 1.29 is 27.7 Å². The summed E-state index contributed by atoms with van der Waals surface area (Å²) in [5.74, 6) is 1.70. The third kappa shape index (κ3) is 13.2. The maximum atomic E-state index is 13.3. The molecular formula is C32H41O6P. The molecule has 6 nitrogen and oxygen atoms in total. The topological polar surface area (TPSA) is 71.1 Å². The molecule has 210 valence electrons. The van der Waals surface area contributed by atoms with E-state index in [2.05, 4.69) is 20.4 Å². The number of aryl methyl sites for hydroxylation is 3. The van der Waals surface area contributed by atoms with Gasteiger partial charge in [0.05, 0.1) is 6.61 Å². The van der Waals surface area contributed by atoms with Gasteiger partial charge in [-0.2, -0.15) is 4.57 Å². The maximum absolute atomic E-state index is 13.3. The highest BCUT2D eigenvalue weighted by atomic mass is 31.2. The zero-order chi connectivity index (χ0) is 28.7. The molecule has 39 heavy (non-hydrogen) atoms. The predicted octanol–water partition coefficient (Wildman–Crippen LogP) is 9.19. The van der Waals surface area contributed by atoms with Gasteiger partial charge in [0.25, 0.3) is 0 Å². The van der Waals surface area contributed by atoms with E-state index in [1.54, 1.807) is 36.4 Å². The first kappa shape index (κ1) is 31.7. The van der Waals surface area contributed by atoms with E-state index in [1.807, 2.05) is 57.2 Å². The lowest BCUT2D eigenvalue weighted by Gasteiger charge is -2.19. The second-order valence-corrected chi connectivity index (χ2v) is 11.2. The van der Waals surface area contributed by atoms with Crippen molar-refractivity contribution in [1.82, 2.24) is 0 Å². The van der Waals surface area contributed by atoms with Crippen LogP contribution in [0.4, 0.5) is 0 Å². The number of carbonyl (C=O) groups excluding carboxylic acids is 1. The Balaban J connectivity index is 0.000000349. The van der Waals surface area contributed by atoms with Gasteiger partial charge in [-0.25, -0.2) is 4.79 Å². The highest BCUT2D eigenvalue weighted by Crippen LogP contribution is 2.49. The van der Waals surface area contributed by atoms with Crippen LogP contribution in [0.5, 0.6) is 17.2 Å². The Bertz CT molecular complexity index is 1060. The molecular weight excluding hydrogens is 511 g/mol. The van der Waals surface area contributed by atoms with Gasteiger partial charge in [-0.05, 0) is 69.5 Å². The quantitative estimate of drug-likeness (QED) is 0.0911. The molecule has 3 rings (SSSR count). The third-order valence-corrected chi connectivity index (χ3v) is 6.85. The molecule has 0 spiro atoms. The van der Waals surface area contributed by atoms with E-state index in [9.17, 15) is 9.36 Å². The Morgan fingerprint density at radius 3 is 1.44 bits per heavy atom. The van der Waals surface area contributed by atoms with Crippen LogP contribution >= 0.6 is 7.82 Å². The number of esters is 1. The fourth-order valence-electron chi connectivity index (χ4n) is 3.30. The van der Waals surface area contributed by atoms with E-state index in [1.165, 1.54) is 18.9 Å². The third-order valence-electron chi connectivity index (χ3n) is 5.55. The average Bonchev–Trinajstić information content (AvgIpc) is 2.90. The molecule has 0 unspecified atom stereocenters. The van der Waals surface area contributed by atoms with Crippen LogP contribution in [0.15, 0.2) is 85.5 Å². The summed E-state index contributed by atoms with van der Waals surface area (Å²) in [4.78, 5) is 10.6. The number of unbranched alkanes of at least 4 members (excludes halogenated alkanes) is 2. The molecule has 3 aromatic rings. The van der Waals surface area contributed by atoms with Crippen molar-refractivity contribution in [2.45, 2.75) is 60.3 Å². The summed E-state index contributed by atoms with van der Waals surface area (Å²) in [6.45, 7) is 14.2. The molecule has 0 atom stereocenters. The molecule has 0 aliphatic rings. The molecule has 0 fully saturated rings. The van der Waals surface area contributed by atoms with Gasteiger partial charge in [0.1, 0.15) is 17.2 Å². The summed E-state index contributed by atoms with van der Waals surface area (Å²) in [6, 6.07) is 21.6. The van der Waals surface area contributed by atoms with Crippen LogP contribution in [0.25, 0.3) is 0 Å². The zero-order valence-corrected chi connectivity index (χ0v) is 24.6. The van der Waals surface area contributed by atoms with Gasteiger partial charge in [-0.3, -0.25) is 0 Å². The lowest BCUT2D eigenvalue weighted by molar-refractivity contribution is -0.137. The molecule has 0 aromatic heterocycles. The Morgan fingerprint density at radius 1 is 0.718 bits per heavy atom. The minimum atomic E-state index is -3.93. The van der Waals surface area contributed by atoms with Crippen molar-refractivity contribution in [1.29, 1.82) is 0 Å². The molecule has 0 radical (unpaired) electrons. The summed E-state index contributed by atoms with van der Waals surface area (Å²) >= 11 is 0. The number of ether oxygens (including phenoxy) is 1. The van der Waals surface area contributed by atoms with E-state index in [0.717, 1.165) is 35.4 Å². The molecule has 0 bridgehead atoms. The maximum Gasteiger partial charge on any atom is 0.647 e. The van der Waals surface area contributed by atoms with Crippen LogP contribution in [0.3, 0.4) is 0 Å². The number of rotatable bonds is 13. The first-order valence-electron chi connectivity index (χ1n) is 13.3. The summed E-state index contributed by atoms with van der Waals surface area (Å²) in [5, 5.41) is 0. The van der Waals surface area contributed by atoms with Crippen LogP contribution in [0, 0.1) is 26.7 Å². The van der Waals surface area contributed by atoms with Crippen LogP contribution in [-0.4, -0.2) is 12.6 Å². The fraction of sp³-hybridized carbons (Fsp3) is 0.344. The first-order chi connectivity index (χ1) is 18.6. The van der Waals surface area contributed by atoms with Crippen molar-refractivity contribution in [3.05, 3.63) is 102 Å². The van der Waals surface area contributed by atoms with Gasteiger partial charge >= 0.3 is 13.8 Å². The smallest absolute Gasteiger partial charge is 0.463 e. The van der Waals surface area contributed by atoms with Gasteiger partial charge in [-0.15, -0.1) is 0 Å². The van der Waals surface area contributed by atoms with Crippen LogP contribution in [0.2, 0.25) is 0 Å². The number of benzene rings is 3. The Hall–Kier alpha value is -3.50. The van der Waals surface area contributed by atoms with Crippen LogP contribution < -0.4 is 13.6 Å². The van der Waals surface area contributed by atoms with Crippen molar-refractivity contribution >= 4 is 13.8 Å². The highest BCUT2D eigenvalue weighted by Gasteiger charge is 2.33. The lowest BCUT2D eigenvalue weighted by atomic mass is 10.1. The second kappa shape index (κ2) is 16.5. The molecule has 0 aliphatic heterocycles. The number of hydrogen-bond donors (Lipinski definition) is 0. The van der Waals surface area contributed by atoms with E-state index < -0.39 is 7.82 Å². The van der Waals surface area contributed by atoms with E-state index in [-0.39, 0.29) is 5.97 Å². The van der Waals surface area contributed by atoms with Crippen LogP contribution in [0.1, 0.15) is 56.2 Å². The summed E-state index contributed by atoms with van der Waals surface area (Å²) < 4.78 is 35.1. The lowest BCUT2D eigenvalue weighted by Crippen LogP contribution is -2.07. The number of carbonyl (C=O) groups is 1. The predicted molar refractivity (Wildman–Crippen MR) is 157 cm³/mol. The zero-order valence-electron chi connectivity index (χ0n) is 23.7. The van der Waals surface area contributed by atoms with Gasteiger partial charge in [0.15, 0.2) is 0 Å². The summed E-state index contributed by atoms with van der Waals surface area (Å²) in [6.07, 6.45) is 5.79. The number of phosphoric acid groups is 1. The fourth-order valence-corrected chi connectivity index (χ4v) is 4.56. The van der Waals surface area contributed by atoms with Crippen molar-refractivity contribution in [2.75, 3.05) is 6.61 Å². The van der Waals surface area contributed by atoms with E-state index in [0.29, 0.717) is 23.9 Å². The van der Waals surface area contributed by atoms with Crippen molar-refractivity contribution in [3.63, 3.8) is 0 Å². The van der Waals surface area contributed by atoms with Crippen LogP contribution in [-0.2, 0) is 14.1 Å². The van der Waals surface area contributed by atoms with Gasteiger partial charge in [0.2, 0.25) is 0 Å². The largest absolute Gasteiger partial charge is 0.647 e. The molecule has 0 amide bonds. The van der Waals surface area contributed by atoms with Crippen molar-refractivity contribution in [2.24, 2.45) is 5.92 Å². The molecule has 0 N–H and O–H groups in total. The van der Waals surface area contributed by atoms with E-state index >= 15 is 0 Å². The normalized spacial score (nSPS) is 10.7. The Labute approximate surface area is 233 Å². The molecule has 0 saturated carbocycles. The SMILES string of the molecule is C=CC(=O)OCCCCCC(C)C.Cc1ccc(OP(=O)(Oc2ccc(C)cc2)Oc2ccc(C)cc2)cc1. The molecule has 3 aromatic carbocycles. The summed E-state index contributed by atoms with van der Waals surface area (Å²) in [5.41, 5.74) is 3.23.